The number of hydrogen-bond acceptors (Lipinski definition) is 4. The van der Waals surface area contributed by atoms with Gasteiger partial charge in [0.1, 0.15) is 11.4 Å². The first-order chi connectivity index (χ1) is 28.0. The van der Waals surface area contributed by atoms with Crippen molar-refractivity contribution in [2.24, 2.45) is 14.1 Å². The van der Waals surface area contributed by atoms with Crippen LogP contribution in [0.25, 0.3) is 110 Å². The Kier molecular flexibility index (Phi) is 7.55. The van der Waals surface area contributed by atoms with Gasteiger partial charge in [-0.05, 0) is 48.5 Å². The maximum atomic E-state index is 9.96. The molecule has 0 atom stereocenters. The molecule has 8 heterocycles. The lowest BCUT2D eigenvalue weighted by Gasteiger charge is -2.06. The average Bonchev–Trinajstić information content (AvgIpc) is 3.99. The minimum Gasteiger partial charge on any atom is -0.353 e. The van der Waals surface area contributed by atoms with Crippen LogP contribution in [0, 0.1) is 0 Å². The first kappa shape index (κ1) is 32.1. The van der Waals surface area contributed by atoms with Gasteiger partial charge in [-0.15, -0.1) is 0 Å². The molecule has 0 aliphatic rings. The van der Waals surface area contributed by atoms with E-state index >= 15 is 0 Å². The highest BCUT2D eigenvalue weighted by Crippen LogP contribution is 2.36. The second-order valence-electron chi connectivity index (χ2n) is 13.8. The van der Waals surface area contributed by atoms with E-state index in [2.05, 4.69) is 152 Å². The summed E-state index contributed by atoms with van der Waals surface area (Å²) in [5, 5.41) is 9.66. The molecule has 0 unspecified atom stereocenters. The summed E-state index contributed by atoms with van der Waals surface area (Å²) in [6.45, 7) is 0. The Morgan fingerprint density at radius 2 is 1.02 bits per heavy atom. The Labute approximate surface area is 321 Å². The number of benzene rings is 4. The van der Waals surface area contributed by atoms with Crippen molar-refractivity contribution in [2.75, 3.05) is 7.15 Å². The largest absolute Gasteiger partial charge is 0.353 e. The lowest BCUT2D eigenvalue weighted by Crippen LogP contribution is -1.94. The predicted molar refractivity (Wildman–Crippen MR) is 229 cm³/mol. The number of rotatable bonds is 2. The van der Waals surface area contributed by atoms with Crippen molar-refractivity contribution < 1.29 is 5.76 Å². The molecule has 0 amide bonds. The molecule has 9 heteroatoms. The van der Waals surface area contributed by atoms with Crippen molar-refractivity contribution in [3.8, 4) is 22.8 Å². The second kappa shape index (κ2) is 13.2. The van der Waals surface area contributed by atoms with Crippen LogP contribution >= 0.6 is 0 Å². The van der Waals surface area contributed by atoms with Gasteiger partial charge in [0.05, 0.1) is 54.4 Å². The summed E-state index contributed by atoms with van der Waals surface area (Å²) in [4.78, 5) is 25.8. The fourth-order valence-electron chi connectivity index (χ4n) is 8.34. The molecule has 0 saturated carbocycles. The van der Waals surface area contributed by atoms with Gasteiger partial charge < -0.3 is 19.1 Å². The van der Waals surface area contributed by atoms with E-state index in [0.717, 1.165) is 55.9 Å². The molecule has 2 N–H and O–H groups in total. The molecular weight excluding hydrogens is 696 g/mol. The zero-order valence-electron chi connectivity index (χ0n) is 31.6. The number of aryl methyl sites for hydroxylation is 2. The molecule has 8 nitrogen and oxygen atoms in total. The van der Waals surface area contributed by atoms with Crippen LogP contribution in [0.1, 0.15) is 1.37 Å². The number of nitrogens with one attached hydrogen (secondary N) is 2. The number of para-hydroxylation sites is 4. The maximum Gasteiger partial charge on any atom is 0.113 e. The molecule has 0 aliphatic carbocycles. The SMILES string of the molecule is Cn1c2ccccc2c2cc(-c3nccc4c5ccccc5n(C)c34)ncc21.[2H]CF.c1ccc2c(c1)[nH]c1cnc(-c3nccc4c3[nH]c3ccccc34)cc12. The minimum absolute atomic E-state index is 0.874. The molecule has 0 saturated heterocycles. The van der Waals surface area contributed by atoms with Gasteiger partial charge >= 0.3 is 0 Å². The van der Waals surface area contributed by atoms with Crippen molar-refractivity contribution in [3.05, 3.63) is 146 Å². The summed E-state index contributed by atoms with van der Waals surface area (Å²) >= 11 is 0. The van der Waals surface area contributed by atoms with E-state index in [-0.39, 0.29) is 0 Å². The molecule has 0 bridgehead atoms. The Morgan fingerprint density at radius 3 is 1.77 bits per heavy atom. The number of fused-ring (bicyclic) bond motifs is 12. The highest BCUT2D eigenvalue weighted by molar-refractivity contribution is 6.14. The number of hydrogen-bond donors (Lipinski definition) is 2. The van der Waals surface area contributed by atoms with Crippen LogP contribution < -0.4 is 0 Å². The lowest BCUT2D eigenvalue weighted by molar-refractivity contribution is 0.636. The molecule has 0 radical (unpaired) electrons. The molecule has 270 valence electrons. The lowest BCUT2D eigenvalue weighted by atomic mass is 10.1. The number of alkyl halides is 1. The molecule has 8 aromatic heterocycles. The van der Waals surface area contributed by atoms with Gasteiger partial charge in [0, 0.05) is 91.6 Å². The molecular formula is C47H35FN8. The molecule has 4 aromatic carbocycles. The van der Waals surface area contributed by atoms with Crippen LogP contribution in [-0.2, 0) is 14.1 Å². The third-order valence-electron chi connectivity index (χ3n) is 10.9. The second-order valence-corrected chi connectivity index (χ2v) is 13.8. The number of pyridine rings is 4. The quantitative estimate of drug-likeness (QED) is 0.185. The number of halogens is 1. The summed E-state index contributed by atoms with van der Waals surface area (Å²) in [6.07, 6.45) is 7.61. The first-order valence-electron chi connectivity index (χ1n) is 19.0. The first-order valence-corrected chi connectivity index (χ1v) is 18.3. The van der Waals surface area contributed by atoms with Gasteiger partial charge in [0.15, 0.2) is 0 Å². The van der Waals surface area contributed by atoms with E-state index in [0.29, 0.717) is 0 Å². The van der Waals surface area contributed by atoms with Crippen LogP contribution in [-0.4, -0.2) is 46.2 Å². The highest BCUT2D eigenvalue weighted by Gasteiger charge is 2.17. The Morgan fingerprint density at radius 1 is 0.482 bits per heavy atom. The zero-order valence-corrected chi connectivity index (χ0v) is 30.6. The molecule has 0 aliphatic heterocycles. The van der Waals surface area contributed by atoms with E-state index in [9.17, 15) is 4.39 Å². The van der Waals surface area contributed by atoms with Crippen LogP contribution in [0.15, 0.2) is 146 Å². The van der Waals surface area contributed by atoms with Crippen molar-refractivity contribution in [2.45, 2.75) is 0 Å². The van der Waals surface area contributed by atoms with Crippen LogP contribution in [0.5, 0.6) is 0 Å². The average molecular weight is 732 g/mol. The Bertz CT molecular complexity index is 3470. The fourth-order valence-corrected chi connectivity index (χ4v) is 8.34. The molecule has 12 rings (SSSR count). The van der Waals surface area contributed by atoms with Crippen molar-refractivity contribution in [1.29, 1.82) is 0 Å². The minimum atomic E-state index is -1.00. The highest BCUT2D eigenvalue weighted by atomic mass is 19.1. The van der Waals surface area contributed by atoms with Crippen LogP contribution in [0.4, 0.5) is 4.39 Å². The third kappa shape index (κ3) is 5.05. The van der Waals surface area contributed by atoms with Crippen molar-refractivity contribution in [1.82, 2.24) is 39.0 Å². The molecule has 0 spiro atoms. The summed E-state index contributed by atoms with van der Waals surface area (Å²) in [7, 11) is 3.20. The van der Waals surface area contributed by atoms with Crippen molar-refractivity contribution >= 4 is 87.2 Å². The predicted octanol–water partition coefficient (Wildman–Crippen LogP) is 11.4. The van der Waals surface area contributed by atoms with E-state index in [1.54, 1.807) is 0 Å². The summed E-state index contributed by atoms with van der Waals surface area (Å²) in [5.41, 5.74) is 12.6. The Balaban J connectivity index is 0.000000130. The Hall–Kier alpha value is -7.39. The van der Waals surface area contributed by atoms with Crippen molar-refractivity contribution in [3.63, 3.8) is 0 Å². The van der Waals surface area contributed by atoms with E-state index in [1.165, 1.54) is 54.1 Å². The number of aromatic amines is 2. The third-order valence-corrected chi connectivity index (χ3v) is 10.9. The smallest absolute Gasteiger partial charge is 0.113 e. The van der Waals surface area contributed by atoms with E-state index in [1.807, 2.05) is 36.9 Å². The topological polar surface area (TPSA) is 93.0 Å². The van der Waals surface area contributed by atoms with Crippen LogP contribution in [0.2, 0.25) is 0 Å². The summed E-state index contributed by atoms with van der Waals surface area (Å²) in [5.74, 6) is 0. The number of aromatic nitrogens is 8. The molecule has 56 heavy (non-hydrogen) atoms. The standard InChI is InChI=1S/C24H18N4.C22H14N4.CH3F/c1-27-20-9-5-4-8-16(20)18-13-19(26-14-22(18)27)23-24-17(11-12-25-23)15-7-3-6-10-21(15)28(24)2;1-4-8-18-13(5-1)15-9-10-23-22(21(15)26-18)19-11-16-14-6-2-3-7-17(14)25-20(16)12-24-19;1-2/h3-14H,1-2H3;1-12,25-26H;1H3/i;;1D. The van der Waals surface area contributed by atoms with E-state index < -0.39 is 7.15 Å². The molecule has 12 aromatic rings. The van der Waals surface area contributed by atoms with Gasteiger partial charge in [0.2, 0.25) is 0 Å². The van der Waals surface area contributed by atoms with Gasteiger partial charge in [-0.1, -0.05) is 72.8 Å². The monoisotopic (exact) mass is 731 g/mol. The normalized spacial score (nSPS) is 11.8. The molecule has 0 fully saturated rings. The maximum absolute atomic E-state index is 9.96. The fraction of sp³-hybridized carbons (Fsp3) is 0.0638. The number of nitrogens with zero attached hydrogens (tertiary/aromatic N) is 6. The number of H-pyrrole nitrogens is 2. The summed E-state index contributed by atoms with van der Waals surface area (Å²) < 4.78 is 19.9. The van der Waals surface area contributed by atoms with Gasteiger partial charge in [-0.25, -0.2) is 0 Å². The van der Waals surface area contributed by atoms with E-state index in [4.69, 9.17) is 11.3 Å². The van der Waals surface area contributed by atoms with Crippen LogP contribution in [0.3, 0.4) is 0 Å². The van der Waals surface area contributed by atoms with Gasteiger partial charge in [-0.2, -0.15) is 0 Å². The van der Waals surface area contributed by atoms with Gasteiger partial charge in [-0.3, -0.25) is 24.3 Å². The van der Waals surface area contributed by atoms with Gasteiger partial charge in [0.25, 0.3) is 0 Å². The zero-order chi connectivity index (χ0) is 38.6. The summed E-state index contributed by atoms with van der Waals surface area (Å²) in [6, 6.07) is 42.1.